The van der Waals surface area contributed by atoms with Gasteiger partial charge in [0.25, 0.3) is 5.91 Å². The molecule has 3 heterocycles. The number of nitrogens with zero attached hydrogens (tertiary/aromatic N) is 4. The number of hydrogen-bond acceptors (Lipinski definition) is 5. The number of benzene rings is 1. The molecule has 2 aromatic heterocycles. The van der Waals surface area contributed by atoms with Crippen molar-refractivity contribution in [1.82, 2.24) is 24.8 Å². The average Bonchev–Trinajstić information content (AvgIpc) is 3.09. The number of fused-ring (bicyclic) bond motifs is 1. The Balaban J connectivity index is 1.71. The molecule has 0 fully saturated rings. The van der Waals surface area contributed by atoms with Crippen molar-refractivity contribution < 1.29 is 4.79 Å². The fourth-order valence-corrected chi connectivity index (χ4v) is 2.92. The number of nitrogens with two attached hydrogens (primary N) is 1. The maximum absolute atomic E-state index is 13.0. The summed E-state index contributed by atoms with van der Waals surface area (Å²) in [5.74, 6) is 0.0500. The van der Waals surface area contributed by atoms with E-state index in [4.69, 9.17) is 5.73 Å². The van der Waals surface area contributed by atoms with Crippen molar-refractivity contribution in [3.05, 3.63) is 59.8 Å². The average molecular weight is 320 g/mol. The lowest BCUT2D eigenvalue weighted by molar-refractivity contribution is 0.0732. The highest BCUT2D eigenvalue weighted by molar-refractivity contribution is 5.99. The lowest BCUT2D eigenvalue weighted by atomic mass is 10.0. The Labute approximate surface area is 138 Å². The van der Waals surface area contributed by atoms with Crippen molar-refractivity contribution >= 4 is 11.9 Å². The van der Waals surface area contributed by atoms with Crippen LogP contribution in [0.3, 0.4) is 0 Å². The van der Waals surface area contributed by atoms with Gasteiger partial charge in [-0.25, -0.2) is 15.0 Å². The van der Waals surface area contributed by atoms with Crippen LogP contribution < -0.4 is 5.73 Å². The Hall–Kier alpha value is -3.22. The normalized spacial score (nSPS) is 13.6. The van der Waals surface area contributed by atoms with Gasteiger partial charge in [0.15, 0.2) is 0 Å². The van der Waals surface area contributed by atoms with Crippen LogP contribution >= 0.6 is 0 Å². The third-order valence-corrected chi connectivity index (χ3v) is 4.15. The zero-order valence-electron chi connectivity index (χ0n) is 12.9. The lowest BCUT2D eigenvalue weighted by Gasteiger charge is -2.26. The van der Waals surface area contributed by atoms with Crippen LogP contribution in [0.4, 0.5) is 5.95 Å². The van der Waals surface area contributed by atoms with Crippen molar-refractivity contribution in [3.8, 4) is 11.3 Å². The van der Waals surface area contributed by atoms with E-state index in [0.717, 1.165) is 23.4 Å². The molecule has 0 spiro atoms. The number of nitrogen functional groups attached to an aromatic ring is 1. The highest BCUT2D eigenvalue weighted by atomic mass is 16.2. The Bertz CT molecular complexity index is 889. The van der Waals surface area contributed by atoms with Gasteiger partial charge >= 0.3 is 0 Å². The molecule has 120 valence electrons. The van der Waals surface area contributed by atoms with Crippen molar-refractivity contribution in [2.24, 2.45) is 0 Å². The molecule has 7 heteroatoms. The number of aromatic amines is 1. The monoisotopic (exact) mass is 320 g/mol. The van der Waals surface area contributed by atoms with E-state index in [1.54, 1.807) is 11.2 Å². The Morgan fingerprint density at radius 1 is 1.21 bits per heavy atom. The summed E-state index contributed by atoms with van der Waals surface area (Å²) in [4.78, 5) is 30.5. The Kier molecular flexibility index (Phi) is 3.45. The number of hydrogen-bond donors (Lipinski definition) is 2. The molecule has 0 saturated heterocycles. The van der Waals surface area contributed by atoms with Crippen LogP contribution in [0, 0.1) is 0 Å². The number of aromatic nitrogens is 4. The van der Waals surface area contributed by atoms with Crippen LogP contribution in [-0.4, -0.2) is 37.3 Å². The summed E-state index contributed by atoms with van der Waals surface area (Å²) in [7, 11) is 0. The second-order valence-corrected chi connectivity index (χ2v) is 5.66. The first kappa shape index (κ1) is 14.4. The summed E-state index contributed by atoms with van der Waals surface area (Å²) in [5.41, 5.74) is 9.59. The van der Waals surface area contributed by atoms with Crippen LogP contribution in [0.1, 0.15) is 21.7 Å². The van der Waals surface area contributed by atoms with Gasteiger partial charge in [0.2, 0.25) is 5.95 Å². The number of nitrogens with one attached hydrogen (secondary N) is 1. The van der Waals surface area contributed by atoms with Crippen molar-refractivity contribution in [2.45, 2.75) is 13.0 Å². The fourth-order valence-electron chi connectivity index (χ4n) is 2.92. The van der Waals surface area contributed by atoms with Crippen molar-refractivity contribution in [2.75, 3.05) is 12.3 Å². The number of H-pyrrole nitrogens is 1. The largest absolute Gasteiger partial charge is 0.368 e. The molecule has 3 N–H and O–H groups in total. The minimum atomic E-state index is -0.103. The highest BCUT2D eigenvalue weighted by Crippen LogP contribution is 2.25. The molecule has 0 unspecified atom stereocenters. The smallest absolute Gasteiger partial charge is 0.258 e. The van der Waals surface area contributed by atoms with Crippen LogP contribution in [0.5, 0.6) is 0 Å². The minimum absolute atomic E-state index is 0.103. The van der Waals surface area contributed by atoms with Gasteiger partial charge in [0.05, 0.1) is 35.5 Å². The summed E-state index contributed by atoms with van der Waals surface area (Å²) in [6.45, 7) is 1.13. The Morgan fingerprint density at radius 3 is 2.88 bits per heavy atom. The van der Waals surface area contributed by atoms with E-state index < -0.39 is 0 Å². The van der Waals surface area contributed by atoms with Crippen LogP contribution in [0.2, 0.25) is 0 Å². The summed E-state index contributed by atoms with van der Waals surface area (Å²) in [5, 5.41) is 0. The molecule has 24 heavy (non-hydrogen) atoms. The molecule has 0 aliphatic carbocycles. The van der Waals surface area contributed by atoms with Crippen molar-refractivity contribution in [1.29, 1.82) is 0 Å². The first-order valence-electron chi connectivity index (χ1n) is 7.70. The maximum atomic E-state index is 13.0. The zero-order valence-corrected chi connectivity index (χ0v) is 12.9. The molecule has 0 radical (unpaired) electrons. The third-order valence-electron chi connectivity index (χ3n) is 4.15. The molecule has 7 nitrogen and oxygen atoms in total. The van der Waals surface area contributed by atoms with Crippen LogP contribution in [0.15, 0.2) is 42.9 Å². The molecule has 0 saturated carbocycles. The first-order chi connectivity index (χ1) is 11.7. The highest BCUT2D eigenvalue weighted by Gasteiger charge is 2.26. The summed E-state index contributed by atoms with van der Waals surface area (Å²) >= 11 is 0. The van der Waals surface area contributed by atoms with E-state index >= 15 is 0 Å². The number of carbonyl (C=O) groups excluding carboxylic acids is 1. The summed E-state index contributed by atoms with van der Waals surface area (Å²) < 4.78 is 0. The van der Waals surface area contributed by atoms with E-state index in [2.05, 4.69) is 19.9 Å². The van der Waals surface area contributed by atoms with Gasteiger partial charge in [-0.3, -0.25) is 4.79 Å². The number of carbonyl (C=O) groups is 1. The number of imidazole rings is 1. The lowest BCUT2D eigenvalue weighted by Crippen LogP contribution is -2.36. The molecule has 1 aliphatic rings. The zero-order chi connectivity index (χ0) is 16.5. The topological polar surface area (TPSA) is 101 Å². The predicted molar refractivity (Wildman–Crippen MR) is 88.9 cm³/mol. The maximum Gasteiger partial charge on any atom is 0.258 e. The molecule has 0 bridgehead atoms. The van der Waals surface area contributed by atoms with Crippen LogP contribution in [-0.2, 0) is 13.0 Å². The van der Waals surface area contributed by atoms with Crippen LogP contribution in [0.25, 0.3) is 11.3 Å². The van der Waals surface area contributed by atoms with E-state index in [-0.39, 0.29) is 11.9 Å². The summed E-state index contributed by atoms with van der Waals surface area (Å²) in [6, 6.07) is 9.53. The van der Waals surface area contributed by atoms with Gasteiger partial charge in [-0.15, -0.1) is 0 Å². The standard InChI is InChI=1S/C17H16N6O/c18-17-19-8-12(15(22-17)11-4-2-1-3-5-11)16(24)23-7-6-13-14(9-23)21-10-20-13/h1-5,8,10H,6-7,9H2,(H,20,21)(H2,18,19,22). The van der Waals surface area contributed by atoms with Gasteiger partial charge in [-0.1, -0.05) is 30.3 Å². The second-order valence-electron chi connectivity index (χ2n) is 5.66. The third kappa shape index (κ3) is 2.50. The number of rotatable bonds is 2. The second kappa shape index (κ2) is 5.77. The molecule has 1 amide bonds. The summed E-state index contributed by atoms with van der Waals surface area (Å²) in [6.07, 6.45) is 3.91. The Morgan fingerprint density at radius 2 is 2.04 bits per heavy atom. The number of anilines is 1. The number of amides is 1. The molecular formula is C17H16N6O. The van der Waals surface area contributed by atoms with E-state index in [9.17, 15) is 4.79 Å². The predicted octanol–water partition coefficient (Wildman–Crippen LogP) is 1.65. The quantitative estimate of drug-likeness (QED) is 0.747. The van der Waals surface area contributed by atoms with Gasteiger partial charge in [-0.2, -0.15) is 0 Å². The van der Waals surface area contributed by atoms with Gasteiger partial charge < -0.3 is 15.6 Å². The fraction of sp³-hybridized carbons (Fsp3) is 0.176. The molecule has 0 atom stereocenters. The van der Waals surface area contributed by atoms with Gasteiger partial charge in [-0.05, 0) is 0 Å². The van der Waals surface area contributed by atoms with Gasteiger partial charge in [0, 0.05) is 24.7 Å². The van der Waals surface area contributed by atoms with E-state index in [1.165, 1.54) is 6.20 Å². The van der Waals surface area contributed by atoms with E-state index in [1.807, 2.05) is 30.3 Å². The molecule has 1 aromatic carbocycles. The van der Waals surface area contributed by atoms with Gasteiger partial charge in [0.1, 0.15) is 0 Å². The van der Waals surface area contributed by atoms with E-state index in [0.29, 0.717) is 24.3 Å². The molecule has 1 aliphatic heterocycles. The molecule has 3 aromatic rings. The SMILES string of the molecule is Nc1ncc(C(=O)N2CCc3nc[nH]c3C2)c(-c2ccccc2)n1. The first-order valence-corrected chi connectivity index (χ1v) is 7.70. The van der Waals surface area contributed by atoms with Crippen molar-refractivity contribution in [3.63, 3.8) is 0 Å². The molecule has 4 rings (SSSR count). The molecular weight excluding hydrogens is 304 g/mol. The minimum Gasteiger partial charge on any atom is -0.368 e.